The molecule has 1 atom stereocenters. The van der Waals surface area contributed by atoms with Gasteiger partial charge in [0.2, 0.25) is 0 Å². The lowest BCUT2D eigenvalue weighted by atomic mass is 10.1. The van der Waals surface area contributed by atoms with E-state index in [-0.39, 0.29) is 6.16 Å². The van der Waals surface area contributed by atoms with Crippen LogP contribution >= 0.6 is 7.60 Å². The summed E-state index contributed by atoms with van der Waals surface area (Å²) in [5.41, 5.74) is 0. The van der Waals surface area contributed by atoms with Crippen molar-refractivity contribution in [2.75, 3.05) is 26.4 Å². The normalized spacial score (nSPS) is 14.8. The first-order valence-electron chi connectivity index (χ1n) is 6.70. The fourth-order valence-corrected chi connectivity index (χ4v) is 2.39. The van der Waals surface area contributed by atoms with Crippen LogP contribution in [0.1, 0.15) is 51.9 Å². The van der Waals surface area contributed by atoms with E-state index in [1.807, 2.05) is 0 Å². The lowest BCUT2D eigenvalue weighted by Gasteiger charge is -2.08. The Morgan fingerprint density at radius 1 is 1.06 bits per heavy atom. The van der Waals surface area contributed by atoms with E-state index in [2.05, 4.69) is 16.8 Å². The number of rotatable bonds is 12. The summed E-state index contributed by atoms with van der Waals surface area (Å²) < 4.78 is 15.6. The van der Waals surface area contributed by atoms with E-state index >= 15 is 0 Å². The molecule has 104 valence electrons. The molecule has 5 heteroatoms. The highest BCUT2D eigenvalue weighted by Gasteiger charge is 2.15. The first kappa shape index (κ1) is 17.1. The molecular weight excluding hydrogens is 237 g/mol. The maximum atomic E-state index is 11.1. The van der Waals surface area contributed by atoms with Crippen molar-refractivity contribution in [3.05, 3.63) is 0 Å². The summed E-state index contributed by atoms with van der Waals surface area (Å²) >= 11 is 0. The van der Waals surface area contributed by atoms with Gasteiger partial charge in [0, 0.05) is 7.11 Å². The number of unbranched alkanes of at least 4 members (excludes halogenated alkanes) is 5. The molecule has 0 amide bonds. The predicted molar refractivity (Wildman–Crippen MR) is 72.6 cm³/mol. The molecule has 0 aromatic carbocycles. The molecular formula is C12H28NO3P. The van der Waals surface area contributed by atoms with Crippen molar-refractivity contribution in [2.45, 2.75) is 51.9 Å². The Labute approximate surface area is 106 Å². The van der Waals surface area contributed by atoms with Gasteiger partial charge in [-0.3, -0.25) is 4.57 Å². The van der Waals surface area contributed by atoms with Crippen LogP contribution in [0.15, 0.2) is 0 Å². The Balaban J connectivity index is 3.11. The van der Waals surface area contributed by atoms with Crippen LogP contribution in [-0.2, 0) is 9.09 Å². The van der Waals surface area contributed by atoms with Gasteiger partial charge in [0.25, 0.3) is 0 Å². The highest BCUT2D eigenvalue weighted by Crippen LogP contribution is 2.40. The maximum absolute atomic E-state index is 11.1. The van der Waals surface area contributed by atoms with E-state index in [1.165, 1.54) is 45.6 Å². The fraction of sp³-hybridized carbons (Fsp3) is 1.00. The first-order valence-corrected chi connectivity index (χ1v) is 8.47. The van der Waals surface area contributed by atoms with Crippen LogP contribution in [0, 0.1) is 0 Å². The third-order valence-electron chi connectivity index (χ3n) is 2.79. The van der Waals surface area contributed by atoms with Crippen LogP contribution in [0.4, 0.5) is 0 Å². The first-order chi connectivity index (χ1) is 8.12. The van der Waals surface area contributed by atoms with Crippen LogP contribution in [0.25, 0.3) is 0 Å². The van der Waals surface area contributed by atoms with Crippen molar-refractivity contribution in [2.24, 2.45) is 0 Å². The molecule has 0 radical (unpaired) electrons. The molecule has 2 N–H and O–H groups in total. The zero-order valence-corrected chi connectivity index (χ0v) is 12.2. The predicted octanol–water partition coefficient (Wildman–Crippen LogP) is 3.16. The van der Waals surface area contributed by atoms with Crippen LogP contribution in [-0.4, -0.2) is 31.3 Å². The average molecular weight is 265 g/mol. The molecule has 0 aliphatic rings. The van der Waals surface area contributed by atoms with Crippen LogP contribution in [0.3, 0.4) is 0 Å². The van der Waals surface area contributed by atoms with Gasteiger partial charge in [-0.15, -0.1) is 0 Å². The Kier molecular flexibility index (Phi) is 11.3. The molecule has 0 aromatic heterocycles. The molecule has 17 heavy (non-hydrogen) atoms. The van der Waals surface area contributed by atoms with Crippen LogP contribution in [0.5, 0.6) is 0 Å². The van der Waals surface area contributed by atoms with Gasteiger partial charge in [0.05, 0.1) is 6.16 Å². The van der Waals surface area contributed by atoms with E-state index in [1.54, 1.807) is 0 Å². The molecule has 0 aromatic rings. The smallest absolute Gasteiger partial charge is 0.324 e. The third-order valence-corrected chi connectivity index (χ3v) is 4.24. The fourth-order valence-electron chi connectivity index (χ4n) is 1.65. The molecule has 0 saturated carbocycles. The Morgan fingerprint density at radius 2 is 1.65 bits per heavy atom. The zero-order chi connectivity index (χ0) is 13.0. The second kappa shape index (κ2) is 11.2. The summed E-state index contributed by atoms with van der Waals surface area (Å²) in [6.45, 7) is 4.03. The van der Waals surface area contributed by atoms with Crippen LogP contribution in [0.2, 0.25) is 0 Å². The lowest BCUT2D eigenvalue weighted by Crippen LogP contribution is -2.17. The Morgan fingerprint density at radius 3 is 2.29 bits per heavy atom. The average Bonchev–Trinajstić information content (AvgIpc) is 2.31. The minimum absolute atomic E-state index is 0.243. The van der Waals surface area contributed by atoms with Crippen molar-refractivity contribution in [3.8, 4) is 0 Å². The largest absolute Gasteiger partial charge is 0.327 e. The zero-order valence-electron chi connectivity index (χ0n) is 11.3. The van der Waals surface area contributed by atoms with E-state index in [9.17, 15) is 4.57 Å². The molecule has 0 aliphatic carbocycles. The summed E-state index contributed by atoms with van der Waals surface area (Å²) in [6.07, 6.45) is 8.72. The van der Waals surface area contributed by atoms with Crippen molar-refractivity contribution >= 4 is 7.60 Å². The molecule has 0 saturated heterocycles. The molecule has 4 nitrogen and oxygen atoms in total. The SMILES string of the molecule is CCCCCCCCNCCCP(=O)(O)OC. The quantitative estimate of drug-likeness (QED) is 0.420. The van der Waals surface area contributed by atoms with Gasteiger partial charge < -0.3 is 14.7 Å². The maximum Gasteiger partial charge on any atom is 0.327 e. The van der Waals surface area contributed by atoms with Crippen molar-refractivity contribution in [1.29, 1.82) is 0 Å². The standard InChI is InChI=1S/C12H28NO3P/c1-3-4-5-6-7-8-10-13-11-9-12-17(14,15)16-2/h13H,3-12H2,1-2H3,(H,14,15). The summed E-state index contributed by atoms with van der Waals surface area (Å²) in [5, 5.41) is 3.29. The van der Waals surface area contributed by atoms with Gasteiger partial charge in [-0.05, 0) is 25.9 Å². The van der Waals surface area contributed by atoms with E-state index in [0.717, 1.165) is 13.1 Å². The van der Waals surface area contributed by atoms with Gasteiger partial charge in [0.1, 0.15) is 0 Å². The second-order valence-electron chi connectivity index (χ2n) is 4.41. The van der Waals surface area contributed by atoms with E-state index in [0.29, 0.717) is 6.42 Å². The van der Waals surface area contributed by atoms with Crippen LogP contribution < -0.4 is 5.32 Å². The number of hydrogen-bond donors (Lipinski definition) is 2. The molecule has 0 bridgehead atoms. The molecule has 0 heterocycles. The van der Waals surface area contributed by atoms with Gasteiger partial charge in [-0.25, -0.2) is 0 Å². The van der Waals surface area contributed by atoms with Gasteiger partial charge in [-0.1, -0.05) is 39.0 Å². The monoisotopic (exact) mass is 265 g/mol. The van der Waals surface area contributed by atoms with Gasteiger partial charge >= 0.3 is 7.60 Å². The number of hydrogen-bond acceptors (Lipinski definition) is 3. The van der Waals surface area contributed by atoms with Crippen molar-refractivity contribution in [3.63, 3.8) is 0 Å². The van der Waals surface area contributed by atoms with E-state index in [4.69, 9.17) is 4.89 Å². The highest BCUT2D eigenvalue weighted by atomic mass is 31.2. The minimum atomic E-state index is -3.29. The summed E-state index contributed by atoms with van der Waals surface area (Å²) in [7, 11) is -2.01. The third kappa shape index (κ3) is 12.4. The molecule has 1 unspecified atom stereocenters. The lowest BCUT2D eigenvalue weighted by molar-refractivity contribution is 0.314. The topological polar surface area (TPSA) is 58.6 Å². The molecule has 0 aliphatic heterocycles. The molecule has 0 fully saturated rings. The second-order valence-corrected chi connectivity index (χ2v) is 6.50. The van der Waals surface area contributed by atoms with Gasteiger partial charge in [0.15, 0.2) is 0 Å². The van der Waals surface area contributed by atoms with Crippen molar-refractivity contribution in [1.82, 2.24) is 5.32 Å². The summed E-state index contributed by atoms with van der Waals surface area (Å²) in [6, 6.07) is 0. The van der Waals surface area contributed by atoms with Gasteiger partial charge in [-0.2, -0.15) is 0 Å². The molecule has 0 spiro atoms. The van der Waals surface area contributed by atoms with E-state index < -0.39 is 7.60 Å². The molecule has 0 rings (SSSR count). The summed E-state index contributed by atoms with van der Waals surface area (Å²) in [5.74, 6) is 0. The Bertz CT molecular complexity index is 212. The minimum Gasteiger partial charge on any atom is -0.324 e. The number of nitrogens with one attached hydrogen (secondary N) is 1. The van der Waals surface area contributed by atoms with Crippen molar-refractivity contribution < 1.29 is 14.0 Å². The highest BCUT2D eigenvalue weighted by molar-refractivity contribution is 7.52. The summed E-state index contributed by atoms with van der Waals surface area (Å²) in [4.78, 5) is 9.15. The Hall–Kier alpha value is 0.110.